The number of aromatic nitrogens is 3. The molecule has 1 N–H and O–H groups in total. The second-order valence-corrected chi connectivity index (χ2v) is 6.16. The normalized spacial score (nSPS) is 10.8. The summed E-state index contributed by atoms with van der Waals surface area (Å²) in [5.41, 5.74) is 2.31. The maximum absolute atomic E-state index is 13.7. The highest BCUT2D eigenvalue weighted by Crippen LogP contribution is 2.17. The van der Waals surface area contributed by atoms with Gasteiger partial charge in [0, 0.05) is 18.3 Å². The fourth-order valence-electron chi connectivity index (χ4n) is 2.82. The molecule has 140 valence electrons. The lowest BCUT2D eigenvalue weighted by Gasteiger charge is -2.10. The van der Waals surface area contributed by atoms with Gasteiger partial charge in [-0.1, -0.05) is 30.3 Å². The number of carbonyl (C=O) groups is 1. The molecule has 4 aromatic rings. The van der Waals surface area contributed by atoms with Gasteiger partial charge >= 0.3 is 0 Å². The van der Waals surface area contributed by atoms with Gasteiger partial charge < -0.3 is 10.1 Å². The van der Waals surface area contributed by atoms with Crippen molar-refractivity contribution in [3.8, 4) is 5.75 Å². The molecule has 0 unspecified atom stereocenters. The van der Waals surface area contributed by atoms with Gasteiger partial charge in [-0.3, -0.25) is 4.79 Å². The van der Waals surface area contributed by atoms with Gasteiger partial charge in [-0.15, -0.1) is 0 Å². The molecule has 0 aliphatic carbocycles. The van der Waals surface area contributed by atoms with E-state index in [-0.39, 0.29) is 18.3 Å². The summed E-state index contributed by atoms with van der Waals surface area (Å²) in [7, 11) is 0. The second kappa shape index (κ2) is 7.87. The Balaban J connectivity index is 1.40. The molecule has 7 heteroatoms. The Bertz CT molecular complexity index is 1130. The topological polar surface area (TPSA) is 68.5 Å². The number of pyridine rings is 1. The standard InChI is InChI=1S/C21H17FN4O2/c22-19-9-2-1-6-16(19)13-28-17-7-3-5-15(11-17)12-23-21(27)18-8-4-10-26-20(18)24-14-25-26/h1-11,14H,12-13H2,(H,23,27). The number of fused-ring (bicyclic) bond motifs is 1. The maximum atomic E-state index is 13.7. The molecule has 0 bridgehead atoms. The van der Waals surface area contributed by atoms with Crippen molar-refractivity contribution >= 4 is 11.6 Å². The molecule has 0 aliphatic rings. The van der Waals surface area contributed by atoms with Crippen LogP contribution in [-0.4, -0.2) is 20.5 Å². The lowest BCUT2D eigenvalue weighted by atomic mass is 10.2. The second-order valence-electron chi connectivity index (χ2n) is 6.16. The third kappa shape index (κ3) is 3.83. The van der Waals surface area contributed by atoms with Gasteiger partial charge in [0.1, 0.15) is 24.5 Å². The van der Waals surface area contributed by atoms with E-state index in [0.717, 1.165) is 5.56 Å². The highest BCUT2D eigenvalue weighted by molar-refractivity contribution is 5.99. The molecular formula is C21H17FN4O2. The first-order valence-corrected chi connectivity index (χ1v) is 8.72. The molecule has 0 fully saturated rings. The molecule has 4 rings (SSSR count). The van der Waals surface area contributed by atoms with Gasteiger partial charge in [0.25, 0.3) is 5.91 Å². The van der Waals surface area contributed by atoms with Crippen LogP contribution in [0.2, 0.25) is 0 Å². The van der Waals surface area contributed by atoms with E-state index in [9.17, 15) is 9.18 Å². The third-order valence-corrected chi connectivity index (χ3v) is 4.25. The van der Waals surface area contributed by atoms with E-state index in [0.29, 0.717) is 29.1 Å². The molecule has 6 nitrogen and oxygen atoms in total. The average molecular weight is 376 g/mol. The van der Waals surface area contributed by atoms with Crippen LogP contribution < -0.4 is 10.1 Å². The number of hydrogen-bond donors (Lipinski definition) is 1. The monoisotopic (exact) mass is 376 g/mol. The average Bonchev–Trinajstić information content (AvgIpc) is 3.21. The predicted octanol–water partition coefficient (Wildman–Crippen LogP) is 3.38. The van der Waals surface area contributed by atoms with E-state index in [1.165, 1.54) is 12.4 Å². The number of ether oxygens (including phenoxy) is 1. The smallest absolute Gasteiger partial charge is 0.255 e. The van der Waals surface area contributed by atoms with E-state index in [2.05, 4.69) is 15.4 Å². The summed E-state index contributed by atoms with van der Waals surface area (Å²) in [5, 5.41) is 6.90. The van der Waals surface area contributed by atoms with E-state index in [1.54, 1.807) is 47.1 Å². The highest BCUT2D eigenvalue weighted by atomic mass is 19.1. The Hall–Kier alpha value is -3.74. The van der Waals surface area contributed by atoms with Crippen LogP contribution >= 0.6 is 0 Å². The molecule has 0 aliphatic heterocycles. The maximum Gasteiger partial charge on any atom is 0.255 e. The van der Waals surface area contributed by atoms with Crippen LogP contribution in [0, 0.1) is 5.82 Å². The fourth-order valence-corrected chi connectivity index (χ4v) is 2.82. The van der Waals surface area contributed by atoms with Crippen molar-refractivity contribution in [3.05, 3.63) is 95.7 Å². The summed E-state index contributed by atoms with van der Waals surface area (Å²) in [4.78, 5) is 16.6. The number of amides is 1. The molecule has 0 saturated carbocycles. The SMILES string of the molecule is O=C(NCc1cccc(OCc2ccccc2F)c1)c1cccn2ncnc12. The van der Waals surface area contributed by atoms with Crippen molar-refractivity contribution < 1.29 is 13.9 Å². The first-order valence-electron chi connectivity index (χ1n) is 8.72. The number of hydrogen-bond acceptors (Lipinski definition) is 4. The zero-order valence-corrected chi connectivity index (χ0v) is 14.9. The van der Waals surface area contributed by atoms with Gasteiger partial charge in [-0.05, 0) is 35.9 Å². The molecule has 2 aromatic heterocycles. The Kier molecular flexibility index (Phi) is 4.97. The number of halogens is 1. The molecule has 2 heterocycles. The summed E-state index contributed by atoms with van der Waals surface area (Å²) in [5.74, 6) is 0.0689. The number of rotatable bonds is 6. The minimum absolute atomic E-state index is 0.136. The third-order valence-electron chi connectivity index (χ3n) is 4.25. The Morgan fingerprint density at radius 1 is 1.11 bits per heavy atom. The van der Waals surface area contributed by atoms with Crippen LogP contribution in [-0.2, 0) is 13.2 Å². The summed E-state index contributed by atoms with van der Waals surface area (Å²) in [6, 6.07) is 17.3. The molecule has 0 radical (unpaired) electrons. The lowest BCUT2D eigenvalue weighted by Crippen LogP contribution is -2.23. The Morgan fingerprint density at radius 3 is 2.89 bits per heavy atom. The number of nitrogens with one attached hydrogen (secondary N) is 1. The van der Waals surface area contributed by atoms with Crippen LogP contribution in [0.25, 0.3) is 5.65 Å². The van der Waals surface area contributed by atoms with Gasteiger partial charge in [0.15, 0.2) is 5.65 Å². The van der Waals surface area contributed by atoms with E-state index in [1.807, 2.05) is 18.2 Å². The summed E-state index contributed by atoms with van der Waals surface area (Å²) >= 11 is 0. The van der Waals surface area contributed by atoms with Crippen molar-refractivity contribution in [1.29, 1.82) is 0 Å². The van der Waals surface area contributed by atoms with Crippen molar-refractivity contribution in [3.63, 3.8) is 0 Å². The summed E-state index contributed by atoms with van der Waals surface area (Å²) in [6.07, 6.45) is 3.14. The predicted molar refractivity (Wildman–Crippen MR) is 101 cm³/mol. The van der Waals surface area contributed by atoms with E-state index < -0.39 is 0 Å². The number of nitrogens with zero attached hydrogens (tertiary/aromatic N) is 3. The zero-order valence-electron chi connectivity index (χ0n) is 14.9. The van der Waals surface area contributed by atoms with Crippen molar-refractivity contribution in [2.45, 2.75) is 13.2 Å². The van der Waals surface area contributed by atoms with Gasteiger partial charge in [-0.25, -0.2) is 13.9 Å². The molecule has 1 amide bonds. The van der Waals surface area contributed by atoms with Gasteiger partial charge in [0.2, 0.25) is 0 Å². The van der Waals surface area contributed by atoms with E-state index in [4.69, 9.17) is 4.74 Å². The number of benzene rings is 2. The van der Waals surface area contributed by atoms with Crippen LogP contribution in [0.3, 0.4) is 0 Å². The quantitative estimate of drug-likeness (QED) is 0.560. The largest absolute Gasteiger partial charge is 0.489 e. The van der Waals surface area contributed by atoms with Crippen molar-refractivity contribution in [2.24, 2.45) is 0 Å². The van der Waals surface area contributed by atoms with Crippen LogP contribution in [0.4, 0.5) is 4.39 Å². The van der Waals surface area contributed by atoms with Gasteiger partial charge in [-0.2, -0.15) is 5.10 Å². The van der Waals surface area contributed by atoms with Crippen molar-refractivity contribution in [2.75, 3.05) is 0 Å². The molecular weight excluding hydrogens is 359 g/mol. The van der Waals surface area contributed by atoms with E-state index >= 15 is 0 Å². The van der Waals surface area contributed by atoms with Gasteiger partial charge in [0.05, 0.1) is 5.56 Å². The molecule has 28 heavy (non-hydrogen) atoms. The highest BCUT2D eigenvalue weighted by Gasteiger charge is 2.11. The number of carbonyl (C=O) groups excluding carboxylic acids is 1. The molecule has 0 spiro atoms. The van der Waals surface area contributed by atoms with Crippen molar-refractivity contribution in [1.82, 2.24) is 19.9 Å². The molecule has 2 aromatic carbocycles. The minimum Gasteiger partial charge on any atom is -0.489 e. The fraction of sp³-hybridized carbons (Fsp3) is 0.0952. The van der Waals surface area contributed by atoms with Crippen LogP contribution in [0.15, 0.2) is 73.2 Å². The Labute approximate surface area is 160 Å². The zero-order chi connectivity index (χ0) is 19.3. The first kappa shape index (κ1) is 17.7. The summed E-state index contributed by atoms with van der Waals surface area (Å²) in [6.45, 7) is 0.461. The van der Waals surface area contributed by atoms with Crippen LogP contribution in [0.5, 0.6) is 5.75 Å². The minimum atomic E-state index is -0.298. The molecule has 0 saturated heterocycles. The summed E-state index contributed by atoms with van der Waals surface area (Å²) < 4.78 is 20.9. The lowest BCUT2D eigenvalue weighted by molar-refractivity contribution is 0.0952. The first-order chi connectivity index (χ1) is 13.7. The molecule has 0 atom stereocenters. The Morgan fingerprint density at radius 2 is 2.00 bits per heavy atom. The van der Waals surface area contributed by atoms with Crippen LogP contribution in [0.1, 0.15) is 21.5 Å².